The fourth-order valence-electron chi connectivity index (χ4n) is 2.60. The molecule has 1 fully saturated rings. The third-order valence-corrected chi connectivity index (χ3v) is 4.08. The zero-order valence-corrected chi connectivity index (χ0v) is 13.7. The van der Waals surface area contributed by atoms with Gasteiger partial charge in [-0.05, 0) is 37.1 Å². The minimum absolute atomic E-state index is 0.0361. The van der Waals surface area contributed by atoms with E-state index in [4.69, 9.17) is 10.5 Å². The van der Waals surface area contributed by atoms with E-state index in [1.54, 1.807) is 12.1 Å². The first-order chi connectivity index (χ1) is 12.1. The predicted molar refractivity (Wildman–Crippen MR) is 94.2 cm³/mol. The van der Waals surface area contributed by atoms with E-state index in [0.29, 0.717) is 28.5 Å². The molecule has 3 N–H and O–H groups in total. The molecular formula is C18H17N5O2. The molecule has 3 aromatic rings. The molecule has 126 valence electrons. The van der Waals surface area contributed by atoms with E-state index >= 15 is 0 Å². The van der Waals surface area contributed by atoms with Gasteiger partial charge in [-0.1, -0.05) is 12.1 Å². The number of nitrogens with one attached hydrogen (secondary N) is 1. The van der Waals surface area contributed by atoms with E-state index in [2.05, 4.69) is 20.3 Å². The Balaban J connectivity index is 1.66. The normalized spacial score (nSPS) is 13.6. The van der Waals surface area contributed by atoms with Gasteiger partial charge < -0.3 is 15.8 Å². The number of carbonyl (C=O) groups excluding carboxylic acids is 1. The minimum atomic E-state index is -0.0361. The van der Waals surface area contributed by atoms with Crippen LogP contribution in [0.2, 0.25) is 0 Å². The topological polar surface area (TPSA) is 103 Å². The van der Waals surface area contributed by atoms with Crippen LogP contribution in [0.4, 0.5) is 5.95 Å². The largest absolute Gasteiger partial charge is 0.479 e. The third-order valence-electron chi connectivity index (χ3n) is 4.08. The molecule has 7 nitrogen and oxygen atoms in total. The zero-order chi connectivity index (χ0) is 17.4. The first-order valence-corrected chi connectivity index (χ1v) is 8.03. The van der Waals surface area contributed by atoms with Gasteiger partial charge in [-0.15, -0.1) is 0 Å². The second-order valence-corrected chi connectivity index (χ2v) is 5.98. The number of benzene rings is 1. The van der Waals surface area contributed by atoms with Gasteiger partial charge >= 0.3 is 0 Å². The molecule has 1 aliphatic rings. The first-order valence-electron chi connectivity index (χ1n) is 8.03. The van der Waals surface area contributed by atoms with E-state index in [0.717, 1.165) is 24.1 Å². The maximum Gasteiger partial charge on any atom is 0.251 e. The van der Waals surface area contributed by atoms with E-state index in [1.165, 1.54) is 7.11 Å². The van der Waals surface area contributed by atoms with Crippen LogP contribution in [0, 0.1) is 0 Å². The molecule has 7 heteroatoms. The number of pyridine rings is 1. The summed E-state index contributed by atoms with van der Waals surface area (Å²) < 4.78 is 5.25. The van der Waals surface area contributed by atoms with Crippen molar-refractivity contribution >= 4 is 22.9 Å². The average Bonchev–Trinajstić information content (AvgIpc) is 3.44. The van der Waals surface area contributed by atoms with Crippen molar-refractivity contribution in [2.24, 2.45) is 0 Å². The van der Waals surface area contributed by atoms with Gasteiger partial charge in [0.25, 0.3) is 5.91 Å². The highest BCUT2D eigenvalue weighted by Gasteiger charge is 2.23. The maximum atomic E-state index is 12.1. The molecule has 1 saturated carbocycles. The Morgan fingerprint density at radius 1 is 1.12 bits per heavy atom. The monoisotopic (exact) mass is 335 g/mol. The fourth-order valence-corrected chi connectivity index (χ4v) is 2.60. The van der Waals surface area contributed by atoms with Crippen molar-refractivity contribution in [2.75, 3.05) is 12.8 Å². The Morgan fingerprint density at radius 2 is 1.88 bits per heavy atom. The number of nitrogens with zero attached hydrogens (tertiary/aromatic N) is 3. The Morgan fingerprint density at radius 3 is 2.56 bits per heavy atom. The number of aromatic nitrogens is 3. The van der Waals surface area contributed by atoms with Gasteiger partial charge in [-0.2, -0.15) is 4.98 Å². The lowest BCUT2D eigenvalue weighted by atomic mass is 10.1. The number of nitrogen functional groups attached to an aromatic ring is 1. The van der Waals surface area contributed by atoms with Crippen LogP contribution >= 0.6 is 0 Å². The maximum absolute atomic E-state index is 12.1. The molecule has 0 unspecified atom stereocenters. The van der Waals surface area contributed by atoms with Crippen LogP contribution in [0.5, 0.6) is 5.88 Å². The lowest BCUT2D eigenvalue weighted by molar-refractivity contribution is 0.0951. The predicted octanol–water partition coefficient (Wildman–Crippen LogP) is 2.17. The number of rotatable bonds is 4. The molecule has 0 radical (unpaired) electrons. The quantitative estimate of drug-likeness (QED) is 0.757. The molecule has 0 atom stereocenters. The SMILES string of the molecule is COc1nc(N)nc2ccc(-c3ccc(C(=O)NC4CC4)cc3)nc12. The van der Waals surface area contributed by atoms with E-state index in [9.17, 15) is 4.79 Å². The number of methoxy groups -OCH3 is 1. The molecule has 0 spiro atoms. The molecule has 0 saturated heterocycles. The summed E-state index contributed by atoms with van der Waals surface area (Å²) in [7, 11) is 1.52. The summed E-state index contributed by atoms with van der Waals surface area (Å²) in [5, 5.41) is 2.97. The second-order valence-electron chi connectivity index (χ2n) is 5.98. The first kappa shape index (κ1) is 15.3. The summed E-state index contributed by atoms with van der Waals surface area (Å²) in [5.74, 6) is 0.445. The summed E-state index contributed by atoms with van der Waals surface area (Å²) in [5.41, 5.74) is 9.11. The van der Waals surface area contributed by atoms with Gasteiger partial charge in [-0.3, -0.25) is 4.79 Å². The van der Waals surface area contributed by atoms with Crippen LogP contribution in [0.25, 0.3) is 22.3 Å². The van der Waals surface area contributed by atoms with Gasteiger partial charge in [-0.25, -0.2) is 9.97 Å². The average molecular weight is 335 g/mol. The fraction of sp³-hybridized carbons (Fsp3) is 0.222. The number of ether oxygens (including phenoxy) is 1. The molecule has 1 aromatic carbocycles. The number of hydrogen-bond donors (Lipinski definition) is 2. The van der Waals surface area contributed by atoms with Crippen molar-refractivity contribution in [1.29, 1.82) is 0 Å². The molecular weight excluding hydrogens is 318 g/mol. The lowest BCUT2D eigenvalue weighted by Gasteiger charge is -2.08. The summed E-state index contributed by atoms with van der Waals surface area (Å²) in [6, 6.07) is 11.4. The molecule has 1 aliphatic carbocycles. The van der Waals surface area contributed by atoms with Crippen molar-refractivity contribution in [1.82, 2.24) is 20.3 Å². The van der Waals surface area contributed by atoms with E-state index < -0.39 is 0 Å². The van der Waals surface area contributed by atoms with Crippen LogP contribution in [-0.2, 0) is 0 Å². The highest BCUT2D eigenvalue weighted by Crippen LogP contribution is 2.26. The summed E-state index contributed by atoms with van der Waals surface area (Å²) in [6.07, 6.45) is 2.14. The zero-order valence-electron chi connectivity index (χ0n) is 13.7. The molecule has 25 heavy (non-hydrogen) atoms. The Hall–Kier alpha value is -3.22. The molecule has 1 amide bonds. The standard InChI is InChI=1S/C18H17N5O2/c1-25-17-15-14(22-18(19)23-17)9-8-13(21-15)10-2-4-11(5-3-10)16(24)20-12-6-7-12/h2-5,8-9,12H,6-7H2,1H3,(H,20,24)(H2,19,22,23). The highest BCUT2D eigenvalue weighted by molar-refractivity contribution is 5.95. The van der Waals surface area contributed by atoms with Gasteiger partial charge in [0, 0.05) is 17.2 Å². The van der Waals surface area contributed by atoms with Crippen LogP contribution < -0.4 is 15.8 Å². The highest BCUT2D eigenvalue weighted by atomic mass is 16.5. The van der Waals surface area contributed by atoms with Gasteiger partial charge in [0.15, 0.2) is 5.52 Å². The van der Waals surface area contributed by atoms with Crippen LogP contribution in [-0.4, -0.2) is 34.0 Å². The molecule has 2 heterocycles. The molecule has 0 bridgehead atoms. The smallest absolute Gasteiger partial charge is 0.251 e. The van der Waals surface area contributed by atoms with Crippen molar-refractivity contribution in [2.45, 2.75) is 18.9 Å². The number of hydrogen-bond acceptors (Lipinski definition) is 6. The number of nitrogens with two attached hydrogens (primary N) is 1. The number of anilines is 1. The third kappa shape index (κ3) is 3.08. The van der Waals surface area contributed by atoms with E-state index in [1.807, 2.05) is 24.3 Å². The minimum Gasteiger partial charge on any atom is -0.479 e. The lowest BCUT2D eigenvalue weighted by Crippen LogP contribution is -2.25. The number of carbonyl (C=O) groups is 1. The van der Waals surface area contributed by atoms with Crippen molar-refractivity contribution in [3.05, 3.63) is 42.0 Å². The van der Waals surface area contributed by atoms with Gasteiger partial charge in [0.2, 0.25) is 11.8 Å². The number of amides is 1. The molecule has 4 rings (SSSR count). The number of fused-ring (bicyclic) bond motifs is 1. The second kappa shape index (κ2) is 6.01. The summed E-state index contributed by atoms with van der Waals surface area (Å²) in [4.78, 5) is 24.9. The Labute approximate surface area is 144 Å². The van der Waals surface area contributed by atoms with Crippen LogP contribution in [0.15, 0.2) is 36.4 Å². The molecule has 2 aromatic heterocycles. The van der Waals surface area contributed by atoms with Crippen molar-refractivity contribution < 1.29 is 9.53 Å². The Bertz CT molecular complexity index is 952. The summed E-state index contributed by atoms with van der Waals surface area (Å²) >= 11 is 0. The van der Waals surface area contributed by atoms with Crippen molar-refractivity contribution in [3.63, 3.8) is 0 Å². The molecule has 0 aliphatic heterocycles. The van der Waals surface area contributed by atoms with Crippen LogP contribution in [0.1, 0.15) is 23.2 Å². The van der Waals surface area contributed by atoms with Gasteiger partial charge in [0.1, 0.15) is 0 Å². The van der Waals surface area contributed by atoms with Crippen LogP contribution in [0.3, 0.4) is 0 Å². The van der Waals surface area contributed by atoms with E-state index in [-0.39, 0.29) is 11.9 Å². The van der Waals surface area contributed by atoms with Gasteiger partial charge in [0.05, 0.1) is 18.3 Å². The van der Waals surface area contributed by atoms with Crippen molar-refractivity contribution in [3.8, 4) is 17.1 Å². The summed E-state index contributed by atoms with van der Waals surface area (Å²) in [6.45, 7) is 0. The Kier molecular flexibility index (Phi) is 3.68.